The summed E-state index contributed by atoms with van der Waals surface area (Å²) in [7, 11) is 2.17. The first kappa shape index (κ1) is 15.6. The smallest absolute Gasteiger partial charge is 0.291 e. The number of aromatic nitrogens is 1. The number of nitrogens with one attached hydrogen (secondary N) is 1. The van der Waals surface area contributed by atoms with E-state index in [1.807, 2.05) is 13.0 Å². The lowest BCUT2D eigenvalue weighted by Gasteiger charge is -2.38. The third-order valence-corrected chi connectivity index (χ3v) is 5.13. The number of halogens is 1. The van der Waals surface area contributed by atoms with Crippen LogP contribution in [-0.4, -0.2) is 48.2 Å². The van der Waals surface area contributed by atoms with Crippen LogP contribution in [0.3, 0.4) is 0 Å². The molecule has 3 heterocycles. The molecule has 22 heavy (non-hydrogen) atoms. The minimum Gasteiger partial charge on any atom is -0.456 e. The maximum Gasteiger partial charge on any atom is 0.291 e. The van der Waals surface area contributed by atoms with Crippen LogP contribution < -0.4 is 5.32 Å². The van der Waals surface area contributed by atoms with Gasteiger partial charge in [0.25, 0.3) is 6.02 Å². The zero-order valence-electron chi connectivity index (χ0n) is 13.4. The quantitative estimate of drug-likeness (QED) is 0.909. The average Bonchev–Trinajstić information content (AvgIpc) is 2.86. The maximum atomic E-state index is 6.15. The second-order valence-corrected chi connectivity index (χ2v) is 6.96. The number of piperidine rings is 1. The molecule has 2 aliphatic rings. The lowest BCUT2D eigenvalue weighted by molar-refractivity contribution is 0.0109. The van der Waals surface area contributed by atoms with E-state index in [1.165, 1.54) is 0 Å². The second-order valence-electron chi connectivity index (χ2n) is 6.56. The molecule has 0 bridgehead atoms. The highest BCUT2D eigenvalue weighted by Gasteiger charge is 2.42. The van der Waals surface area contributed by atoms with Crippen molar-refractivity contribution in [3.8, 4) is 0 Å². The van der Waals surface area contributed by atoms with Crippen molar-refractivity contribution in [3.63, 3.8) is 0 Å². The molecule has 1 aromatic rings. The largest absolute Gasteiger partial charge is 0.456 e. The Kier molecular flexibility index (Phi) is 4.28. The maximum absolute atomic E-state index is 6.15. The number of amidine groups is 1. The molecule has 6 heteroatoms. The van der Waals surface area contributed by atoms with Crippen LogP contribution >= 0.6 is 11.6 Å². The van der Waals surface area contributed by atoms with E-state index in [1.54, 1.807) is 6.20 Å². The standard InChI is InChI=1S/C16H23ClN4O/c1-11-8-14(18-9-13(11)17)20-15-19-10-16(2,22-15)12-4-6-21(3)7-5-12/h8-9,12H,4-7,10H2,1-3H3,(H,18,19,20)/t16-/m1/s1. The molecule has 1 N–H and O–H groups in total. The zero-order valence-corrected chi connectivity index (χ0v) is 14.2. The van der Waals surface area contributed by atoms with Crippen LogP contribution in [0.1, 0.15) is 25.3 Å². The molecule has 0 radical (unpaired) electrons. The molecule has 0 amide bonds. The Hall–Kier alpha value is -1.33. The van der Waals surface area contributed by atoms with Crippen molar-refractivity contribution in [1.29, 1.82) is 0 Å². The molecular formula is C16H23ClN4O. The van der Waals surface area contributed by atoms with Crippen LogP contribution in [0.5, 0.6) is 0 Å². The third kappa shape index (κ3) is 3.20. The molecule has 0 spiro atoms. The number of pyridine rings is 1. The van der Waals surface area contributed by atoms with Crippen molar-refractivity contribution in [2.24, 2.45) is 10.9 Å². The van der Waals surface area contributed by atoms with Gasteiger partial charge in [0.05, 0.1) is 11.6 Å². The highest BCUT2D eigenvalue weighted by molar-refractivity contribution is 6.31. The highest BCUT2D eigenvalue weighted by Crippen LogP contribution is 2.34. The van der Waals surface area contributed by atoms with Crippen molar-refractivity contribution in [2.45, 2.75) is 32.3 Å². The van der Waals surface area contributed by atoms with Crippen molar-refractivity contribution in [2.75, 3.05) is 32.0 Å². The minimum atomic E-state index is -0.203. The van der Waals surface area contributed by atoms with Crippen LogP contribution in [0.15, 0.2) is 17.3 Å². The predicted octanol–water partition coefficient (Wildman–Crippen LogP) is 2.94. The fraction of sp³-hybridized carbons (Fsp3) is 0.625. The van der Waals surface area contributed by atoms with Gasteiger partial charge < -0.3 is 9.64 Å². The molecule has 120 valence electrons. The van der Waals surface area contributed by atoms with Gasteiger partial charge in [0.15, 0.2) is 0 Å². The number of aryl methyl sites for hydroxylation is 1. The summed E-state index contributed by atoms with van der Waals surface area (Å²) < 4.78 is 6.15. The van der Waals surface area contributed by atoms with Gasteiger partial charge in [-0.1, -0.05) is 11.6 Å². The Balaban J connectivity index is 1.62. The van der Waals surface area contributed by atoms with Gasteiger partial charge in [-0.05, 0) is 58.5 Å². The van der Waals surface area contributed by atoms with Gasteiger partial charge >= 0.3 is 0 Å². The van der Waals surface area contributed by atoms with E-state index in [-0.39, 0.29) is 5.60 Å². The lowest BCUT2D eigenvalue weighted by Crippen LogP contribution is -2.45. The van der Waals surface area contributed by atoms with Crippen molar-refractivity contribution in [3.05, 3.63) is 22.8 Å². The summed E-state index contributed by atoms with van der Waals surface area (Å²) in [6.07, 6.45) is 3.97. The van der Waals surface area contributed by atoms with Crippen molar-refractivity contribution < 1.29 is 4.74 Å². The van der Waals surface area contributed by atoms with Crippen LogP contribution in [0, 0.1) is 12.8 Å². The molecule has 1 aromatic heterocycles. The summed E-state index contributed by atoms with van der Waals surface area (Å²) in [6.45, 7) is 7.09. The monoisotopic (exact) mass is 322 g/mol. The number of ether oxygens (including phenoxy) is 1. The molecule has 0 aromatic carbocycles. The Morgan fingerprint density at radius 2 is 2.14 bits per heavy atom. The summed E-state index contributed by atoms with van der Waals surface area (Å²) in [5.74, 6) is 1.26. The van der Waals surface area contributed by atoms with Crippen LogP contribution in [0.4, 0.5) is 5.82 Å². The predicted molar refractivity (Wildman–Crippen MR) is 89.6 cm³/mol. The topological polar surface area (TPSA) is 49.8 Å². The number of likely N-dealkylation sites (tertiary alicyclic amines) is 1. The molecule has 2 aliphatic heterocycles. The Bertz CT molecular complexity index is 584. The third-order valence-electron chi connectivity index (χ3n) is 4.73. The summed E-state index contributed by atoms with van der Waals surface area (Å²) >= 11 is 6.00. The first-order valence-corrected chi connectivity index (χ1v) is 8.15. The van der Waals surface area contributed by atoms with Crippen molar-refractivity contribution in [1.82, 2.24) is 9.88 Å². The summed E-state index contributed by atoms with van der Waals surface area (Å²) in [5, 5.41) is 3.82. The summed E-state index contributed by atoms with van der Waals surface area (Å²) in [6, 6.07) is 2.47. The number of aliphatic imine (C=N–C) groups is 1. The Morgan fingerprint density at radius 3 is 2.82 bits per heavy atom. The van der Waals surface area contributed by atoms with Crippen LogP contribution in [0.25, 0.3) is 0 Å². The van der Waals surface area contributed by atoms with Gasteiger partial charge in [-0.15, -0.1) is 0 Å². The molecule has 1 atom stereocenters. The second kappa shape index (κ2) is 6.05. The van der Waals surface area contributed by atoms with E-state index < -0.39 is 0 Å². The van der Waals surface area contributed by atoms with E-state index >= 15 is 0 Å². The number of hydrogen-bond donors (Lipinski definition) is 1. The van der Waals surface area contributed by atoms with Crippen LogP contribution in [0.2, 0.25) is 5.02 Å². The van der Waals surface area contributed by atoms with Gasteiger partial charge in [-0.2, -0.15) is 0 Å². The SMILES string of the molecule is Cc1cc(NC2=NC[C@](C)(C3CCN(C)CC3)O2)ncc1Cl. The number of hydrogen-bond acceptors (Lipinski definition) is 5. The van der Waals surface area contributed by atoms with E-state index in [0.717, 1.165) is 31.5 Å². The molecular weight excluding hydrogens is 300 g/mol. The van der Waals surface area contributed by atoms with Gasteiger partial charge in [-0.3, -0.25) is 5.32 Å². The fourth-order valence-corrected chi connectivity index (χ4v) is 3.23. The minimum absolute atomic E-state index is 0.203. The molecule has 5 nitrogen and oxygen atoms in total. The Labute approximate surface area is 136 Å². The molecule has 3 rings (SSSR count). The van der Waals surface area contributed by atoms with E-state index in [2.05, 4.69) is 34.2 Å². The lowest BCUT2D eigenvalue weighted by atomic mass is 9.82. The number of anilines is 1. The summed E-state index contributed by atoms with van der Waals surface area (Å²) in [5.41, 5.74) is 0.779. The number of rotatable bonds is 2. The normalized spacial score (nSPS) is 26.6. The van der Waals surface area contributed by atoms with E-state index in [9.17, 15) is 0 Å². The molecule has 1 saturated heterocycles. The first-order valence-electron chi connectivity index (χ1n) is 7.77. The van der Waals surface area contributed by atoms with Gasteiger partial charge in [0.2, 0.25) is 0 Å². The Morgan fingerprint density at radius 1 is 1.41 bits per heavy atom. The van der Waals surface area contributed by atoms with Gasteiger partial charge in [-0.25, -0.2) is 9.98 Å². The number of nitrogens with zero attached hydrogens (tertiary/aromatic N) is 3. The molecule has 0 aliphatic carbocycles. The zero-order chi connectivity index (χ0) is 15.7. The van der Waals surface area contributed by atoms with Gasteiger partial charge in [0, 0.05) is 12.1 Å². The van der Waals surface area contributed by atoms with E-state index in [4.69, 9.17) is 16.3 Å². The molecule has 0 saturated carbocycles. The molecule has 0 unspecified atom stereocenters. The van der Waals surface area contributed by atoms with Gasteiger partial charge in [0.1, 0.15) is 11.4 Å². The highest BCUT2D eigenvalue weighted by atomic mass is 35.5. The summed E-state index contributed by atoms with van der Waals surface area (Å²) in [4.78, 5) is 11.2. The molecule has 1 fully saturated rings. The van der Waals surface area contributed by atoms with E-state index in [0.29, 0.717) is 29.3 Å². The van der Waals surface area contributed by atoms with Crippen LogP contribution in [-0.2, 0) is 4.74 Å². The first-order chi connectivity index (χ1) is 10.5. The fourth-order valence-electron chi connectivity index (χ4n) is 3.13. The average molecular weight is 323 g/mol. The van der Waals surface area contributed by atoms with Crippen molar-refractivity contribution >= 4 is 23.4 Å².